The highest BCUT2D eigenvalue weighted by Gasteiger charge is 2.31. The van der Waals surface area contributed by atoms with Crippen LogP contribution in [0.4, 0.5) is 4.79 Å². The van der Waals surface area contributed by atoms with Gasteiger partial charge in [0.1, 0.15) is 11.4 Å². The second-order valence-corrected chi connectivity index (χ2v) is 8.45. The third-order valence-corrected chi connectivity index (χ3v) is 4.16. The highest BCUT2D eigenvalue weighted by molar-refractivity contribution is 5.78. The summed E-state index contributed by atoms with van der Waals surface area (Å²) in [7, 11) is 0. The molecule has 3 atom stereocenters. The first-order chi connectivity index (χ1) is 12.1. The third-order valence-electron chi connectivity index (χ3n) is 4.16. The van der Waals surface area contributed by atoms with Crippen molar-refractivity contribution in [3.05, 3.63) is 0 Å². The number of carbonyl (C=O) groups is 2. The summed E-state index contributed by atoms with van der Waals surface area (Å²) in [5, 5.41) is 2.93. The molecular formula is C20H37NO5. The molecule has 0 aromatic heterocycles. The molecule has 0 spiro atoms. The lowest BCUT2D eigenvalue weighted by atomic mass is 9.95. The Hall–Kier alpha value is -1.14. The lowest BCUT2D eigenvalue weighted by molar-refractivity contribution is -0.195. The molecule has 0 bridgehead atoms. The van der Waals surface area contributed by atoms with Crippen molar-refractivity contribution in [3.8, 4) is 0 Å². The van der Waals surface area contributed by atoms with Gasteiger partial charge in [-0.1, -0.05) is 20.8 Å². The molecule has 152 valence electrons. The first-order valence-corrected chi connectivity index (χ1v) is 9.89. The van der Waals surface area contributed by atoms with E-state index in [-0.39, 0.29) is 24.5 Å². The molecule has 0 aromatic carbocycles. The van der Waals surface area contributed by atoms with Crippen LogP contribution in [0.25, 0.3) is 0 Å². The van der Waals surface area contributed by atoms with E-state index in [9.17, 15) is 9.59 Å². The van der Waals surface area contributed by atoms with E-state index in [0.717, 1.165) is 19.3 Å². The fraction of sp³-hybridized carbons (Fsp3) is 0.900. The minimum absolute atomic E-state index is 0.116. The molecule has 1 N–H and O–H groups in total. The molecule has 1 aliphatic heterocycles. The van der Waals surface area contributed by atoms with Gasteiger partial charge in [-0.25, -0.2) is 4.79 Å². The Morgan fingerprint density at radius 2 is 1.92 bits per heavy atom. The van der Waals surface area contributed by atoms with E-state index >= 15 is 0 Å². The van der Waals surface area contributed by atoms with E-state index in [1.54, 1.807) is 0 Å². The van der Waals surface area contributed by atoms with Crippen LogP contribution in [-0.4, -0.2) is 42.5 Å². The van der Waals surface area contributed by atoms with Crippen LogP contribution < -0.4 is 5.32 Å². The molecule has 1 heterocycles. The fourth-order valence-corrected chi connectivity index (χ4v) is 2.94. The lowest BCUT2D eigenvalue weighted by Crippen LogP contribution is -2.49. The summed E-state index contributed by atoms with van der Waals surface area (Å²) in [6.07, 6.45) is 3.11. The topological polar surface area (TPSA) is 73.9 Å². The van der Waals surface area contributed by atoms with Crippen molar-refractivity contribution in [1.82, 2.24) is 5.32 Å². The number of carbonyl (C=O) groups excluding carboxylic acids is 2. The van der Waals surface area contributed by atoms with Gasteiger partial charge in [0.15, 0.2) is 6.29 Å². The lowest BCUT2D eigenvalue weighted by Gasteiger charge is -2.34. The van der Waals surface area contributed by atoms with Crippen LogP contribution in [0.1, 0.15) is 80.1 Å². The number of hydrogen-bond donors (Lipinski definition) is 1. The number of ketones is 1. The highest BCUT2D eigenvalue weighted by atomic mass is 16.7. The Morgan fingerprint density at radius 1 is 1.23 bits per heavy atom. The first kappa shape index (κ1) is 22.9. The van der Waals surface area contributed by atoms with Crippen LogP contribution in [0.3, 0.4) is 0 Å². The van der Waals surface area contributed by atoms with Gasteiger partial charge in [-0.3, -0.25) is 4.79 Å². The summed E-state index contributed by atoms with van der Waals surface area (Å²) < 4.78 is 17.2. The van der Waals surface area contributed by atoms with Gasteiger partial charge in [-0.2, -0.15) is 0 Å². The molecule has 6 heteroatoms. The van der Waals surface area contributed by atoms with Gasteiger partial charge in [0.05, 0.1) is 12.1 Å². The number of Topliss-reactive ketones (excluding diaryl/α,β-unsaturated/α-hetero) is 1. The SMILES string of the molecule is CCC(=O)C[C@H](OC1CCCCO1)[C@H](CC(C)C)NC(=O)OC(C)(C)C. The third kappa shape index (κ3) is 9.53. The minimum atomic E-state index is -0.575. The maximum atomic E-state index is 12.3. The molecule has 1 amide bonds. The molecule has 0 aromatic rings. The molecule has 0 aliphatic carbocycles. The van der Waals surface area contributed by atoms with Crippen LogP contribution in [0.5, 0.6) is 0 Å². The largest absolute Gasteiger partial charge is 0.444 e. The summed E-state index contributed by atoms with van der Waals surface area (Å²) in [5.74, 6) is 0.454. The zero-order valence-corrected chi connectivity index (χ0v) is 17.3. The number of nitrogens with one attached hydrogen (secondary N) is 1. The van der Waals surface area contributed by atoms with Crippen LogP contribution in [0.2, 0.25) is 0 Å². The van der Waals surface area contributed by atoms with E-state index in [0.29, 0.717) is 25.4 Å². The second kappa shape index (κ2) is 10.9. The minimum Gasteiger partial charge on any atom is -0.444 e. The Bertz CT molecular complexity index is 438. The van der Waals surface area contributed by atoms with Crippen molar-refractivity contribution < 1.29 is 23.8 Å². The summed E-state index contributed by atoms with van der Waals surface area (Å²) in [6.45, 7) is 12.2. The first-order valence-electron chi connectivity index (χ1n) is 9.89. The molecule has 1 saturated heterocycles. The Labute approximate surface area is 158 Å². The van der Waals surface area contributed by atoms with Crippen LogP contribution in [0.15, 0.2) is 0 Å². The predicted molar refractivity (Wildman–Crippen MR) is 101 cm³/mol. The van der Waals surface area contributed by atoms with E-state index in [4.69, 9.17) is 14.2 Å². The molecule has 26 heavy (non-hydrogen) atoms. The van der Waals surface area contributed by atoms with Gasteiger partial charge in [-0.15, -0.1) is 0 Å². The Morgan fingerprint density at radius 3 is 2.42 bits per heavy atom. The van der Waals surface area contributed by atoms with Gasteiger partial charge in [-0.05, 0) is 52.4 Å². The van der Waals surface area contributed by atoms with Crippen molar-refractivity contribution in [3.63, 3.8) is 0 Å². The van der Waals surface area contributed by atoms with E-state index in [2.05, 4.69) is 19.2 Å². The van der Waals surface area contributed by atoms with Gasteiger partial charge >= 0.3 is 6.09 Å². The van der Waals surface area contributed by atoms with Crippen molar-refractivity contribution in [1.29, 1.82) is 0 Å². The van der Waals surface area contributed by atoms with Gasteiger partial charge in [0.25, 0.3) is 0 Å². The molecule has 1 rings (SSSR count). The zero-order valence-electron chi connectivity index (χ0n) is 17.3. The Balaban J connectivity index is 2.86. The van der Waals surface area contributed by atoms with Crippen molar-refractivity contribution in [2.75, 3.05) is 6.61 Å². The molecule has 1 fully saturated rings. The highest BCUT2D eigenvalue weighted by Crippen LogP contribution is 2.22. The monoisotopic (exact) mass is 371 g/mol. The quantitative estimate of drug-likeness (QED) is 0.657. The molecule has 1 aliphatic rings. The summed E-state index contributed by atoms with van der Waals surface area (Å²) >= 11 is 0. The maximum absolute atomic E-state index is 12.3. The molecule has 0 saturated carbocycles. The summed E-state index contributed by atoms with van der Waals surface area (Å²) in [5.41, 5.74) is -0.575. The number of rotatable bonds is 9. The second-order valence-electron chi connectivity index (χ2n) is 8.45. The normalized spacial score (nSPS) is 20.5. The molecule has 0 radical (unpaired) electrons. The van der Waals surface area contributed by atoms with E-state index in [1.807, 2.05) is 27.7 Å². The van der Waals surface area contributed by atoms with E-state index < -0.39 is 17.8 Å². The number of amides is 1. The zero-order chi connectivity index (χ0) is 19.7. The number of ether oxygens (including phenoxy) is 3. The van der Waals surface area contributed by atoms with Crippen molar-refractivity contribution >= 4 is 11.9 Å². The number of hydrogen-bond acceptors (Lipinski definition) is 5. The van der Waals surface area contributed by atoms with Crippen LogP contribution >= 0.6 is 0 Å². The Kier molecular flexibility index (Phi) is 9.58. The maximum Gasteiger partial charge on any atom is 0.407 e. The van der Waals surface area contributed by atoms with Crippen LogP contribution in [0, 0.1) is 5.92 Å². The average Bonchev–Trinajstić information content (AvgIpc) is 2.52. The molecule has 1 unspecified atom stereocenters. The fourth-order valence-electron chi connectivity index (χ4n) is 2.94. The molecular weight excluding hydrogens is 334 g/mol. The van der Waals surface area contributed by atoms with Crippen molar-refractivity contribution in [2.45, 2.75) is 104 Å². The predicted octanol–water partition coefficient (Wildman–Crippen LogP) is 4.21. The smallest absolute Gasteiger partial charge is 0.407 e. The van der Waals surface area contributed by atoms with Crippen molar-refractivity contribution in [2.24, 2.45) is 5.92 Å². The van der Waals surface area contributed by atoms with Gasteiger partial charge in [0, 0.05) is 19.4 Å². The summed E-state index contributed by atoms with van der Waals surface area (Å²) in [4.78, 5) is 24.4. The van der Waals surface area contributed by atoms with Gasteiger partial charge in [0.2, 0.25) is 0 Å². The van der Waals surface area contributed by atoms with Gasteiger partial charge < -0.3 is 19.5 Å². The molecule has 6 nitrogen and oxygen atoms in total. The van der Waals surface area contributed by atoms with Crippen LogP contribution in [-0.2, 0) is 19.0 Å². The summed E-state index contributed by atoms with van der Waals surface area (Å²) in [6, 6.07) is -0.300. The number of alkyl carbamates (subject to hydrolysis) is 1. The van der Waals surface area contributed by atoms with E-state index in [1.165, 1.54) is 0 Å². The standard InChI is InChI=1S/C20H37NO5/c1-7-15(22)13-17(25-18-10-8-9-11-24-18)16(12-14(2)3)21-19(23)26-20(4,5)6/h14,16-18H,7-13H2,1-6H3,(H,21,23)/t16-,17-,18?/m0/s1. The average molecular weight is 372 g/mol.